The lowest BCUT2D eigenvalue weighted by atomic mass is 9.95. The second kappa shape index (κ2) is 6.70. The number of benzene rings is 1. The van der Waals surface area contributed by atoms with E-state index in [2.05, 4.69) is 45.0 Å². The third-order valence-electron chi connectivity index (χ3n) is 3.23. The Morgan fingerprint density at radius 1 is 1.12 bits per heavy atom. The summed E-state index contributed by atoms with van der Waals surface area (Å²) in [7, 11) is 0. The smallest absolute Gasteiger partial charge is 0.0792 e. The zero-order valence-electron chi connectivity index (χ0n) is 10.7. The van der Waals surface area contributed by atoms with Crippen molar-refractivity contribution >= 4 is 0 Å². The van der Waals surface area contributed by atoms with Crippen LogP contribution in [0.15, 0.2) is 24.3 Å². The van der Waals surface area contributed by atoms with Gasteiger partial charge in [0, 0.05) is 0 Å². The molecule has 1 aromatic carbocycles. The molecule has 1 aromatic rings. The lowest BCUT2D eigenvalue weighted by Gasteiger charge is -2.15. The van der Waals surface area contributed by atoms with Crippen LogP contribution in [0.25, 0.3) is 0 Å². The molecule has 2 atom stereocenters. The number of rotatable bonds is 6. The average molecular weight is 220 g/mol. The summed E-state index contributed by atoms with van der Waals surface area (Å²) in [5.74, 6) is 0.588. The molecule has 0 saturated carbocycles. The molecule has 0 radical (unpaired) electrons. The summed E-state index contributed by atoms with van der Waals surface area (Å²) in [4.78, 5) is 0. The van der Waals surface area contributed by atoms with Crippen molar-refractivity contribution in [2.45, 2.75) is 52.6 Å². The van der Waals surface area contributed by atoms with E-state index < -0.39 is 0 Å². The van der Waals surface area contributed by atoms with E-state index in [0.29, 0.717) is 5.92 Å². The first kappa shape index (κ1) is 13.2. The summed E-state index contributed by atoms with van der Waals surface area (Å²) >= 11 is 0. The highest BCUT2D eigenvalue weighted by Gasteiger charge is 2.10. The Morgan fingerprint density at radius 3 is 2.25 bits per heavy atom. The molecule has 0 aliphatic heterocycles. The highest BCUT2D eigenvalue weighted by molar-refractivity contribution is 5.24. The molecule has 0 aromatic heterocycles. The van der Waals surface area contributed by atoms with E-state index in [-0.39, 0.29) is 6.10 Å². The van der Waals surface area contributed by atoms with Crippen LogP contribution in [-0.4, -0.2) is 5.11 Å². The molecule has 1 nitrogen and oxygen atoms in total. The van der Waals surface area contributed by atoms with Gasteiger partial charge in [0.1, 0.15) is 0 Å². The summed E-state index contributed by atoms with van der Waals surface area (Å²) in [6.45, 7) is 6.54. The van der Waals surface area contributed by atoms with E-state index in [1.807, 2.05) is 0 Å². The first-order chi connectivity index (χ1) is 7.67. The largest absolute Gasteiger partial charge is 0.388 e. The fraction of sp³-hybridized carbons (Fsp3) is 0.600. The molecule has 0 fully saturated rings. The van der Waals surface area contributed by atoms with Crippen molar-refractivity contribution in [3.8, 4) is 0 Å². The number of hydrogen-bond donors (Lipinski definition) is 1. The van der Waals surface area contributed by atoms with Crippen molar-refractivity contribution in [2.24, 2.45) is 5.92 Å². The van der Waals surface area contributed by atoms with E-state index in [1.165, 1.54) is 12.0 Å². The minimum Gasteiger partial charge on any atom is -0.388 e. The first-order valence-corrected chi connectivity index (χ1v) is 6.44. The Hall–Kier alpha value is -0.820. The average Bonchev–Trinajstić information content (AvgIpc) is 2.30. The predicted octanol–water partition coefficient (Wildman–Crippen LogP) is 4.11. The normalized spacial score (nSPS) is 14.8. The fourth-order valence-corrected chi connectivity index (χ4v) is 1.88. The Morgan fingerprint density at radius 2 is 1.75 bits per heavy atom. The third kappa shape index (κ3) is 3.97. The molecule has 0 heterocycles. The molecule has 0 amide bonds. The lowest BCUT2D eigenvalue weighted by molar-refractivity contribution is 0.146. The number of aliphatic hydroxyl groups excluding tert-OH is 1. The van der Waals surface area contributed by atoms with E-state index in [1.54, 1.807) is 0 Å². The van der Waals surface area contributed by atoms with Crippen LogP contribution in [0.5, 0.6) is 0 Å². The van der Waals surface area contributed by atoms with Crippen molar-refractivity contribution in [3.05, 3.63) is 35.4 Å². The molecule has 0 aliphatic carbocycles. The van der Waals surface area contributed by atoms with Crippen LogP contribution in [0.3, 0.4) is 0 Å². The standard InChI is InChI=1S/C15H24O/c1-4-6-13-7-9-14(10-8-13)15(16)11-12(3)5-2/h7-10,12,15-16H,4-6,11H2,1-3H3. The third-order valence-corrected chi connectivity index (χ3v) is 3.23. The maximum absolute atomic E-state index is 10.0. The first-order valence-electron chi connectivity index (χ1n) is 6.44. The van der Waals surface area contributed by atoms with Gasteiger partial charge in [0.2, 0.25) is 0 Å². The fourth-order valence-electron chi connectivity index (χ4n) is 1.88. The van der Waals surface area contributed by atoms with Gasteiger partial charge < -0.3 is 5.11 Å². The molecule has 1 N–H and O–H groups in total. The van der Waals surface area contributed by atoms with E-state index in [0.717, 1.165) is 24.8 Å². The lowest BCUT2D eigenvalue weighted by Crippen LogP contribution is -2.03. The van der Waals surface area contributed by atoms with Gasteiger partial charge in [-0.3, -0.25) is 0 Å². The van der Waals surface area contributed by atoms with Gasteiger partial charge in [-0.25, -0.2) is 0 Å². The molecular formula is C15H24O. The van der Waals surface area contributed by atoms with E-state index in [9.17, 15) is 5.11 Å². The summed E-state index contributed by atoms with van der Waals surface area (Å²) in [6, 6.07) is 8.41. The highest BCUT2D eigenvalue weighted by atomic mass is 16.3. The van der Waals surface area contributed by atoms with Gasteiger partial charge >= 0.3 is 0 Å². The van der Waals surface area contributed by atoms with Crippen LogP contribution >= 0.6 is 0 Å². The van der Waals surface area contributed by atoms with Crippen LogP contribution in [0.1, 0.15) is 57.3 Å². The van der Waals surface area contributed by atoms with Crippen LogP contribution in [0.4, 0.5) is 0 Å². The van der Waals surface area contributed by atoms with Crippen LogP contribution in [-0.2, 0) is 6.42 Å². The molecular weight excluding hydrogens is 196 g/mol. The van der Waals surface area contributed by atoms with Crippen molar-refractivity contribution in [1.82, 2.24) is 0 Å². The van der Waals surface area contributed by atoms with Gasteiger partial charge in [-0.1, -0.05) is 57.9 Å². The van der Waals surface area contributed by atoms with Crippen molar-refractivity contribution in [1.29, 1.82) is 0 Å². The molecule has 2 unspecified atom stereocenters. The van der Waals surface area contributed by atoms with Crippen LogP contribution in [0, 0.1) is 5.92 Å². The van der Waals surface area contributed by atoms with Gasteiger partial charge in [-0.05, 0) is 29.9 Å². The maximum Gasteiger partial charge on any atom is 0.0792 e. The maximum atomic E-state index is 10.0. The molecule has 0 bridgehead atoms. The monoisotopic (exact) mass is 220 g/mol. The van der Waals surface area contributed by atoms with E-state index in [4.69, 9.17) is 0 Å². The summed E-state index contributed by atoms with van der Waals surface area (Å²) in [5.41, 5.74) is 2.42. The quantitative estimate of drug-likeness (QED) is 0.765. The van der Waals surface area contributed by atoms with Gasteiger partial charge in [0.15, 0.2) is 0 Å². The molecule has 0 spiro atoms. The minimum absolute atomic E-state index is 0.300. The van der Waals surface area contributed by atoms with Gasteiger partial charge in [-0.15, -0.1) is 0 Å². The second-order valence-corrected chi connectivity index (χ2v) is 4.76. The predicted molar refractivity (Wildman–Crippen MR) is 69.5 cm³/mol. The summed E-state index contributed by atoms with van der Waals surface area (Å²) < 4.78 is 0. The van der Waals surface area contributed by atoms with Gasteiger partial charge in [-0.2, -0.15) is 0 Å². The Balaban J connectivity index is 2.59. The van der Waals surface area contributed by atoms with Crippen molar-refractivity contribution in [2.75, 3.05) is 0 Å². The van der Waals surface area contributed by atoms with Crippen LogP contribution in [0.2, 0.25) is 0 Å². The topological polar surface area (TPSA) is 20.2 Å². The zero-order valence-corrected chi connectivity index (χ0v) is 10.7. The zero-order chi connectivity index (χ0) is 12.0. The summed E-state index contributed by atoms with van der Waals surface area (Å²) in [6.07, 6.45) is 4.00. The van der Waals surface area contributed by atoms with Crippen LogP contribution < -0.4 is 0 Å². The number of aryl methyl sites for hydroxylation is 1. The molecule has 0 saturated heterocycles. The number of hydrogen-bond acceptors (Lipinski definition) is 1. The Labute approximate surface area is 99.5 Å². The SMILES string of the molecule is CCCc1ccc(C(O)CC(C)CC)cc1. The number of aliphatic hydroxyl groups is 1. The molecule has 1 rings (SSSR count). The molecule has 1 heteroatoms. The van der Waals surface area contributed by atoms with E-state index >= 15 is 0 Å². The Bertz CT molecular complexity index is 289. The van der Waals surface area contributed by atoms with Gasteiger partial charge in [0.05, 0.1) is 6.10 Å². The van der Waals surface area contributed by atoms with Gasteiger partial charge in [0.25, 0.3) is 0 Å². The second-order valence-electron chi connectivity index (χ2n) is 4.76. The molecule has 16 heavy (non-hydrogen) atoms. The summed E-state index contributed by atoms with van der Waals surface area (Å²) in [5, 5.41) is 10.0. The molecule has 0 aliphatic rings. The minimum atomic E-state index is -0.300. The van der Waals surface area contributed by atoms with Crippen molar-refractivity contribution in [3.63, 3.8) is 0 Å². The van der Waals surface area contributed by atoms with Crippen molar-refractivity contribution < 1.29 is 5.11 Å². The highest BCUT2D eigenvalue weighted by Crippen LogP contribution is 2.23. The Kier molecular flexibility index (Phi) is 5.54. The molecule has 90 valence electrons.